The second-order valence-electron chi connectivity index (χ2n) is 4.52. The average Bonchev–Trinajstić information content (AvgIpc) is 2.46. The van der Waals surface area contributed by atoms with Gasteiger partial charge in [-0.3, -0.25) is 4.98 Å². The molecule has 1 heterocycles. The van der Waals surface area contributed by atoms with Crippen molar-refractivity contribution in [2.75, 3.05) is 0 Å². The number of aliphatic hydroxyl groups is 1. The molecule has 2 nitrogen and oxygen atoms in total. The first kappa shape index (κ1) is 13.0. The quantitative estimate of drug-likeness (QED) is 0.769. The van der Waals surface area contributed by atoms with E-state index in [9.17, 15) is 9.50 Å². The molecule has 0 aliphatic rings. The fourth-order valence-electron chi connectivity index (χ4n) is 2.25. The highest BCUT2D eigenvalue weighted by molar-refractivity contribution is 6.31. The molecule has 0 spiro atoms. The van der Waals surface area contributed by atoms with Crippen molar-refractivity contribution in [1.29, 1.82) is 0 Å². The van der Waals surface area contributed by atoms with Crippen LogP contribution in [0.2, 0.25) is 5.02 Å². The van der Waals surface area contributed by atoms with E-state index in [-0.39, 0.29) is 5.02 Å². The van der Waals surface area contributed by atoms with Crippen LogP contribution in [0.25, 0.3) is 10.8 Å². The second-order valence-corrected chi connectivity index (χ2v) is 4.93. The maximum absolute atomic E-state index is 13.1. The Labute approximate surface area is 120 Å². The van der Waals surface area contributed by atoms with Gasteiger partial charge in [0.2, 0.25) is 0 Å². The Hall–Kier alpha value is -1.97. The summed E-state index contributed by atoms with van der Waals surface area (Å²) >= 11 is 6.01. The molecule has 0 fully saturated rings. The summed E-state index contributed by atoms with van der Waals surface area (Å²) < 4.78 is 13.1. The van der Waals surface area contributed by atoms with Crippen LogP contribution in [0.3, 0.4) is 0 Å². The highest BCUT2D eigenvalue weighted by Crippen LogP contribution is 2.32. The summed E-state index contributed by atoms with van der Waals surface area (Å²) in [5.74, 6) is -0.429. The molecule has 1 unspecified atom stereocenters. The van der Waals surface area contributed by atoms with Crippen molar-refractivity contribution in [2.45, 2.75) is 6.10 Å². The molecule has 3 aromatic rings. The lowest BCUT2D eigenvalue weighted by Gasteiger charge is -2.15. The molecule has 0 saturated heterocycles. The van der Waals surface area contributed by atoms with E-state index < -0.39 is 11.9 Å². The molecule has 1 atom stereocenters. The van der Waals surface area contributed by atoms with Gasteiger partial charge in [0.15, 0.2) is 0 Å². The zero-order valence-electron chi connectivity index (χ0n) is 10.4. The highest BCUT2D eigenvalue weighted by Gasteiger charge is 2.17. The van der Waals surface area contributed by atoms with Gasteiger partial charge in [-0.25, -0.2) is 4.39 Å². The Kier molecular flexibility index (Phi) is 3.38. The molecule has 0 aliphatic carbocycles. The van der Waals surface area contributed by atoms with Crippen LogP contribution in [0, 0.1) is 5.82 Å². The van der Waals surface area contributed by atoms with E-state index in [1.807, 2.05) is 24.3 Å². The largest absolute Gasteiger partial charge is 0.384 e. The number of rotatable bonds is 2. The third-order valence-electron chi connectivity index (χ3n) is 3.25. The van der Waals surface area contributed by atoms with Crippen LogP contribution in [0.1, 0.15) is 17.2 Å². The van der Waals surface area contributed by atoms with E-state index in [2.05, 4.69) is 4.98 Å². The van der Waals surface area contributed by atoms with E-state index >= 15 is 0 Å². The van der Waals surface area contributed by atoms with Crippen LogP contribution in [-0.2, 0) is 0 Å². The Balaban J connectivity index is 2.15. The van der Waals surface area contributed by atoms with E-state index in [1.165, 1.54) is 18.2 Å². The maximum atomic E-state index is 13.1. The molecule has 0 amide bonds. The molecule has 0 saturated carbocycles. The van der Waals surface area contributed by atoms with Crippen molar-refractivity contribution in [3.63, 3.8) is 0 Å². The molecule has 1 N–H and O–H groups in total. The lowest BCUT2D eigenvalue weighted by Crippen LogP contribution is -2.02. The fraction of sp³-hybridized carbons (Fsp3) is 0.0625. The zero-order valence-corrected chi connectivity index (χ0v) is 11.2. The smallest absolute Gasteiger partial charge is 0.124 e. The topological polar surface area (TPSA) is 33.1 Å². The summed E-state index contributed by atoms with van der Waals surface area (Å²) in [6.07, 6.45) is 2.39. The lowest BCUT2D eigenvalue weighted by molar-refractivity contribution is 0.221. The minimum absolute atomic E-state index is 0.199. The van der Waals surface area contributed by atoms with Gasteiger partial charge in [-0.1, -0.05) is 41.9 Å². The predicted octanol–water partition coefficient (Wildman–Crippen LogP) is 4.11. The predicted molar refractivity (Wildman–Crippen MR) is 77.2 cm³/mol. The molecule has 3 rings (SSSR count). The highest BCUT2D eigenvalue weighted by atomic mass is 35.5. The summed E-state index contributed by atoms with van der Waals surface area (Å²) in [5.41, 5.74) is 1.11. The third kappa shape index (κ3) is 2.26. The van der Waals surface area contributed by atoms with Gasteiger partial charge in [-0.2, -0.15) is 0 Å². The van der Waals surface area contributed by atoms with Gasteiger partial charge in [-0.15, -0.1) is 0 Å². The molecule has 4 heteroatoms. The van der Waals surface area contributed by atoms with Crippen LogP contribution in [0.4, 0.5) is 4.39 Å². The third-order valence-corrected chi connectivity index (χ3v) is 3.58. The van der Waals surface area contributed by atoms with Gasteiger partial charge in [0.1, 0.15) is 11.9 Å². The molecule has 2 aromatic carbocycles. The van der Waals surface area contributed by atoms with Gasteiger partial charge >= 0.3 is 0 Å². The van der Waals surface area contributed by atoms with Crippen LogP contribution in [0.15, 0.2) is 54.9 Å². The van der Waals surface area contributed by atoms with Crippen molar-refractivity contribution < 1.29 is 9.50 Å². The van der Waals surface area contributed by atoms with Crippen LogP contribution in [-0.4, -0.2) is 10.1 Å². The summed E-state index contributed by atoms with van der Waals surface area (Å²) in [4.78, 5) is 4.13. The van der Waals surface area contributed by atoms with Crippen molar-refractivity contribution in [2.24, 2.45) is 0 Å². The van der Waals surface area contributed by atoms with Gasteiger partial charge in [0, 0.05) is 33.9 Å². The molecule has 0 radical (unpaired) electrons. The van der Waals surface area contributed by atoms with E-state index in [4.69, 9.17) is 11.6 Å². The van der Waals surface area contributed by atoms with E-state index in [1.54, 1.807) is 12.4 Å². The SMILES string of the molecule is OC(c1ccc(F)cc1Cl)c1cncc2ccccc12. The minimum Gasteiger partial charge on any atom is -0.384 e. The standard InChI is InChI=1S/C16H11ClFNO/c17-15-7-11(18)5-6-13(15)16(20)14-9-19-8-10-3-1-2-4-12(10)14/h1-9,16,20H. The maximum Gasteiger partial charge on any atom is 0.124 e. The first-order chi connectivity index (χ1) is 9.66. The molecule has 0 aliphatic heterocycles. The second kappa shape index (κ2) is 5.19. The molecular formula is C16H11ClFNO. The summed E-state index contributed by atoms with van der Waals surface area (Å²) in [6, 6.07) is 11.6. The Bertz CT molecular complexity index is 770. The van der Waals surface area contributed by atoms with Crippen molar-refractivity contribution in [1.82, 2.24) is 4.98 Å². The zero-order chi connectivity index (χ0) is 14.1. The van der Waals surface area contributed by atoms with E-state index in [0.717, 1.165) is 10.8 Å². The van der Waals surface area contributed by atoms with Gasteiger partial charge in [0.25, 0.3) is 0 Å². The molecule has 100 valence electrons. The Morgan fingerprint density at radius 3 is 2.65 bits per heavy atom. The average molecular weight is 288 g/mol. The number of fused-ring (bicyclic) bond motifs is 1. The van der Waals surface area contributed by atoms with Crippen molar-refractivity contribution in [3.8, 4) is 0 Å². The van der Waals surface area contributed by atoms with Crippen LogP contribution >= 0.6 is 11.6 Å². The minimum atomic E-state index is -0.943. The Morgan fingerprint density at radius 2 is 1.85 bits per heavy atom. The number of halogens is 2. The van der Waals surface area contributed by atoms with Crippen LogP contribution in [0.5, 0.6) is 0 Å². The van der Waals surface area contributed by atoms with Gasteiger partial charge in [-0.05, 0) is 17.5 Å². The van der Waals surface area contributed by atoms with E-state index in [0.29, 0.717) is 11.1 Å². The Morgan fingerprint density at radius 1 is 1.05 bits per heavy atom. The number of nitrogens with zero attached hydrogens (tertiary/aromatic N) is 1. The van der Waals surface area contributed by atoms with Gasteiger partial charge in [0.05, 0.1) is 0 Å². The summed E-state index contributed by atoms with van der Waals surface area (Å²) in [5, 5.41) is 12.5. The first-order valence-corrected chi connectivity index (χ1v) is 6.50. The first-order valence-electron chi connectivity index (χ1n) is 6.12. The monoisotopic (exact) mass is 287 g/mol. The number of hydrogen-bond acceptors (Lipinski definition) is 2. The molecule has 1 aromatic heterocycles. The number of pyridine rings is 1. The fourth-order valence-corrected chi connectivity index (χ4v) is 2.52. The number of hydrogen-bond donors (Lipinski definition) is 1. The molecule has 20 heavy (non-hydrogen) atoms. The molecule has 0 bridgehead atoms. The van der Waals surface area contributed by atoms with Gasteiger partial charge < -0.3 is 5.11 Å². The number of benzene rings is 2. The van der Waals surface area contributed by atoms with Crippen LogP contribution < -0.4 is 0 Å². The number of aliphatic hydroxyl groups excluding tert-OH is 1. The van der Waals surface area contributed by atoms with Crippen molar-refractivity contribution in [3.05, 3.63) is 76.8 Å². The summed E-state index contributed by atoms with van der Waals surface area (Å²) in [7, 11) is 0. The number of aromatic nitrogens is 1. The normalized spacial score (nSPS) is 12.6. The lowest BCUT2D eigenvalue weighted by atomic mass is 9.98. The summed E-state index contributed by atoms with van der Waals surface area (Å²) in [6.45, 7) is 0. The molecular weight excluding hydrogens is 277 g/mol. The van der Waals surface area contributed by atoms with Crippen molar-refractivity contribution >= 4 is 22.4 Å².